The number of carbonyl (C=O) groups excluding carboxylic acids is 2. The number of nitrogen functional groups attached to an aromatic ring is 1. The predicted molar refractivity (Wildman–Crippen MR) is 110 cm³/mol. The lowest BCUT2D eigenvalue weighted by atomic mass is 9.95. The average Bonchev–Trinajstić information content (AvgIpc) is 3.27. The van der Waals surface area contributed by atoms with E-state index in [-0.39, 0.29) is 18.4 Å². The number of anilines is 1. The molecule has 2 heterocycles. The molecule has 0 saturated carbocycles. The number of benzene rings is 2. The normalized spacial score (nSPS) is 12.9. The Morgan fingerprint density at radius 3 is 2.83 bits per heavy atom. The largest absolute Gasteiger partial charge is 0.480 e. The van der Waals surface area contributed by atoms with E-state index in [4.69, 9.17) is 10.5 Å². The van der Waals surface area contributed by atoms with E-state index in [1.807, 2.05) is 24.3 Å². The number of nitrogens with one attached hydrogen (secondary N) is 2. The molecule has 0 fully saturated rings. The Morgan fingerprint density at radius 1 is 1.34 bits per heavy atom. The number of methoxy groups -OCH3 is 1. The molecule has 148 valence electrons. The van der Waals surface area contributed by atoms with E-state index in [0.29, 0.717) is 29.2 Å². The van der Waals surface area contributed by atoms with Crippen LogP contribution in [-0.4, -0.2) is 47.6 Å². The summed E-state index contributed by atoms with van der Waals surface area (Å²) in [4.78, 5) is 26.3. The number of aromatic amines is 1. The molecule has 3 aromatic rings. The number of nitrogens with two attached hydrogens (primary N) is 1. The maximum atomic E-state index is 12.9. The van der Waals surface area contributed by atoms with Gasteiger partial charge in [0.05, 0.1) is 24.6 Å². The minimum absolute atomic E-state index is 0.154. The number of hydrogen-bond acceptors (Lipinski definition) is 5. The van der Waals surface area contributed by atoms with E-state index in [9.17, 15) is 9.59 Å². The molecule has 1 aliphatic rings. The summed E-state index contributed by atoms with van der Waals surface area (Å²) in [5, 5.41) is 10.4. The third kappa shape index (κ3) is 3.08. The molecule has 0 saturated heterocycles. The van der Waals surface area contributed by atoms with Crippen molar-refractivity contribution in [1.29, 1.82) is 0 Å². The number of hydrogen-bond donors (Lipinski definition) is 3. The van der Waals surface area contributed by atoms with Gasteiger partial charge in [0.1, 0.15) is 0 Å². The fourth-order valence-corrected chi connectivity index (χ4v) is 3.67. The molecule has 2 amide bonds. The first-order valence-electron chi connectivity index (χ1n) is 9.07. The van der Waals surface area contributed by atoms with Gasteiger partial charge in [-0.15, -0.1) is 5.10 Å². The highest BCUT2D eigenvalue weighted by Gasteiger charge is 2.31. The summed E-state index contributed by atoms with van der Waals surface area (Å²) >= 11 is 0. The van der Waals surface area contributed by atoms with E-state index in [1.165, 1.54) is 7.05 Å². The molecular formula is C21H21N5O3. The number of carbonyl (C=O) groups is 2. The second kappa shape index (κ2) is 6.97. The monoisotopic (exact) mass is 391 g/mol. The van der Waals surface area contributed by atoms with E-state index >= 15 is 0 Å². The Labute approximate surface area is 167 Å². The van der Waals surface area contributed by atoms with Crippen molar-refractivity contribution in [2.75, 3.05) is 26.4 Å². The van der Waals surface area contributed by atoms with Gasteiger partial charge in [0, 0.05) is 30.4 Å². The van der Waals surface area contributed by atoms with Crippen LogP contribution in [0.2, 0.25) is 0 Å². The van der Waals surface area contributed by atoms with Gasteiger partial charge in [-0.1, -0.05) is 12.6 Å². The third-order valence-electron chi connectivity index (χ3n) is 5.10. The Morgan fingerprint density at radius 2 is 2.10 bits per heavy atom. The quantitative estimate of drug-likeness (QED) is 0.455. The summed E-state index contributed by atoms with van der Waals surface area (Å²) in [6.45, 7) is 4.31. The van der Waals surface area contributed by atoms with Gasteiger partial charge in [0.25, 0.3) is 5.91 Å². The first-order chi connectivity index (χ1) is 13.9. The third-order valence-corrected chi connectivity index (χ3v) is 5.10. The van der Waals surface area contributed by atoms with Crippen molar-refractivity contribution in [2.24, 2.45) is 0 Å². The van der Waals surface area contributed by atoms with Crippen LogP contribution in [0.4, 0.5) is 5.69 Å². The van der Waals surface area contributed by atoms with Crippen LogP contribution in [-0.2, 0) is 11.3 Å². The number of fused-ring (bicyclic) bond motifs is 2. The number of likely N-dealkylation sites (N-methyl/N-ethyl adjacent to an activating group) is 1. The highest BCUT2D eigenvalue weighted by molar-refractivity contribution is 6.03. The van der Waals surface area contributed by atoms with Gasteiger partial charge in [0.15, 0.2) is 0 Å². The van der Waals surface area contributed by atoms with Gasteiger partial charge < -0.3 is 20.7 Å². The van der Waals surface area contributed by atoms with Gasteiger partial charge in [-0.05, 0) is 41.0 Å². The number of amides is 2. The van der Waals surface area contributed by atoms with Crippen molar-refractivity contribution >= 4 is 28.4 Å². The van der Waals surface area contributed by atoms with Crippen molar-refractivity contribution < 1.29 is 14.3 Å². The van der Waals surface area contributed by atoms with E-state index in [1.54, 1.807) is 18.1 Å². The highest BCUT2D eigenvalue weighted by atomic mass is 16.5. The van der Waals surface area contributed by atoms with Crippen molar-refractivity contribution in [3.05, 3.63) is 53.6 Å². The van der Waals surface area contributed by atoms with Crippen LogP contribution in [0.5, 0.6) is 5.88 Å². The molecule has 0 bridgehead atoms. The Hall–Kier alpha value is -3.81. The fraction of sp³-hybridized carbons (Fsp3) is 0.190. The SMILES string of the molecule is C=C(CN1Cc2c(cc(N)cc2-c2ccc3[nH]nc(OC)c3c2)C1=O)C(=O)NC. The van der Waals surface area contributed by atoms with Crippen LogP contribution in [0.15, 0.2) is 42.5 Å². The van der Waals surface area contributed by atoms with E-state index < -0.39 is 0 Å². The summed E-state index contributed by atoms with van der Waals surface area (Å²) in [7, 11) is 3.10. The molecule has 8 nitrogen and oxygen atoms in total. The molecule has 0 radical (unpaired) electrons. The minimum Gasteiger partial charge on any atom is -0.480 e. The zero-order valence-electron chi connectivity index (χ0n) is 16.2. The number of ether oxygens (including phenoxy) is 1. The van der Waals surface area contributed by atoms with Crippen molar-refractivity contribution in [2.45, 2.75) is 6.54 Å². The average molecular weight is 391 g/mol. The molecule has 0 aliphatic carbocycles. The molecule has 1 aliphatic heterocycles. The van der Waals surface area contributed by atoms with Gasteiger partial charge in [0.2, 0.25) is 11.8 Å². The first-order valence-corrected chi connectivity index (χ1v) is 9.07. The standard InChI is InChI=1S/C21H21N5O3/c1-11(19(27)23-2)9-26-10-17-14(7-13(22)8-15(17)21(26)28)12-4-5-18-16(6-12)20(29-3)25-24-18/h4-8H,1,9-10,22H2,2-3H3,(H,23,27)(H,24,25). The van der Waals surface area contributed by atoms with Gasteiger partial charge >= 0.3 is 0 Å². The van der Waals surface area contributed by atoms with Crippen molar-refractivity contribution in [3.63, 3.8) is 0 Å². The number of rotatable bonds is 5. The topological polar surface area (TPSA) is 113 Å². The van der Waals surface area contributed by atoms with Crippen molar-refractivity contribution in [1.82, 2.24) is 20.4 Å². The lowest BCUT2D eigenvalue weighted by Gasteiger charge is -2.16. The maximum Gasteiger partial charge on any atom is 0.254 e. The lowest BCUT2D eigenvalue weighted by Crippen LogP contribution is -2.31. The van der Waals surface area contributed by atoms with E-state index in [0.717, 1.165) is 27.6 Å². The fourth-order valence-electron chi connectivity index (χ4n) is 3.67. The number of nitrogens with zero attached hydrogens (tertiary/aromatic N) is 2. The van der Waals surface area contributed by atoms with Gasteiger partial charge in [-0.2, -0.15) is 0 Å². The van der Waals surface area contributed by atoms with Crippen LogP contribution in [0.25, 0.3) is 22.0 Å². The Balaban J connectivity index is 1.76. The molecule has 2 aromatic carbocycles. The molecular weight excluding hydrogens is 370 g/mol. The maximum absolute atomic E-state index is 12.9. The molecule has 0 unspecified atom stereocenters. The highest BCUT2D eigenvalue weighted by Crippen LogP contribution is 2.37. The van der Waals surface area contributed by atoms with Crippen molar-refractivity contribution in [3.8, 4) is 17.0 Å². The predicted octanol–water partition coefficient (Wildman–Crippen LogP) is 2.08. The second-order valence-electron chi connectivity index (χ2n) is 6.93. The Bertz CT molecular complexity index is 1160. The summed E-state index contributed by atoms with van der Waals surface area (Å²) < 4.78 is 5.31. The van der Waals surface area contributed by atoms with Gasteiger partial charge in [-0.3, -0.25) is 14.7 Å². The molecule has 29 heavy (non-hydrogen) atoms. The molecule has 0 spiro atoms. The van der Waals surface area contributed by atoms with Crippen LogP contribution in [0.3, 0.4) is 0 Å². The molecule has 4 rings (SSSR count). The molecule has 1 aromatic heterocycles. The molecule has 8 heteroatoms. The van der Waals surface area contributed by atoms with Crippen LogP contribution >= 0.6 is 0 Å². The van der Waals surface area contributed by atoms with Crippen LogP contribution in [0, 0.1) is 0 Å². The second-order valence-corrected chi connectivity index (χ2v) is 6.93. The minimum atomic E-state index is -0.286. The molecule has 4 N–H and O–H groups in total. The zero-order valence-corrected chi connectivity index (χ0v) is 16.2. The first kappa shape index (κ1) is 18.5. The summed E-state index contributed by atoms with van der Waals surface area (Å²) in [6, 6.07) is 9.37. The molecule has 0 atom stereocenters. The summed E-state index contributed by atoms with van der Waals surface area (Å²) in [5.74, 6) is 0.0496. The number of aromatic nitrogens is 2. The Kier molecular flexibility index (Phi) is 4.46. The van der Waals surface area contributed by atoms with Gasteiger partial charge in [-0.25, -0.2) is 0 Å². The lowest BCUT2D eigenvalue weighted by molar-refractivity contribution is -0.117. The number of H-pyrrole nitrogens is 1. The summed E-state index contributed by atoms with van der Waals surface area (Å²) in [6.07, 6.45) is 0. The van der Waals surface area contributed by atoms with Crippen LogP contribution in [0.1, 0.15) is 15.9 Å². The zero-order chi connectivity index (χ0) is 20.7. The van der Waals surface area contributed by atoms with E-state index in [2.05, 4.69) is 22.1 Å². The summed E-state index contributed by atoms with van der Waals surface area (Å²) in [5.41, 5.74) is 11.0. The van der Waals surface area contributed by atoms with Crippen LogP contribution < -0.4 is 15.8 Å². The smallest absolute Gasteiger partial charge is 0.254 e.